The topological polar surface area (TPSA) is 79.7 Å². The zero-order chi connectivity index (χ0) is 20.0. The molecule has 0 saturated heterocycles. The summed E-state index contributed by atoms with van der Waals surface area (Å²) in [6.45, 7) is -0.511. The molecule has 1 heterocycles. The molecule has 2 rings (SSSR count). The minimum absolute atomic E-state index is 0.0703. The average molecular weight is 384 g/mol. The zero-order valence-corrected chi connectivity index (χ0v) is 14.3. The number of hydrogen-bond donors (Lipinski definition) is 0. The Hall–Kier alpha value is -3.30. The Bertz CT molecular complexity index is 858. The van der Waals surface area contributed by atoms with Crippen molar-refractivity contribution in [1.82, 2.24) is 9.78 Å². The van der Waals surface area contributed by atoms with Crippen molar-refractivity contribution in [3.8, 4) is 11.5 Å². The predicted octanol–water partition coefficient (Wildman–Crippen LogP) is 2.70. The van der Waals surface area contributed by atoms with Gasteiger partial charge in [0.15, 0.2) is 17.2 Å². The fraction of sp³-hybridized carbons (Fsp3) is 0.235. The van der Waals surface area contributed by atoms with Gasteiger partial charge in [0.05, 0.1) is 14.2 Å². The largest absolute Gasteiger partial charge is 0.493 e. The summed E-state index contributed by atoms with van der Waals surface area (Å²) < 4.78 is 53.1. The molecule has 1 aromatic carbocycles. The normalized spacial score (nSPS) is 11.4. The lowest BCUT2D eigenvalue weighted by Crippen LogP contribution is -2.18. The number of aromatic nitrogens is 2. The Morgan fingerprint density at radius 3 is 2.52 bits per heavy atom. The molecule has 0 bridgehead atoms. The van der Waals surface area contributed by atoms with E-state index in [1.807, 2.05) is 0 Å². The van der Waals surface area contributed by atoms with Crippen LogP contribution >= 0.6 is 0 Å². The minimum Gasteiger partial charge on any atom is -0.493 e. The molecule has 2 aromatic rings. The van der Waals surface area contributed by atoms with Crippen LogP contribution in [0.2, 0.25) is 0 Å². The number of nitrogens with zero attached hydrogens (tertiary/aromatic N) is 2. The highest BCUT2D eigenvalue weighted by Crippen LogP contribution is 2.29. The van der Waals surface area contributed by atoms with Gasteiger partial charge in [0, 0.05) is 12.3 Å². The third kappa shape index (κ3) is 5.59. The molecule has 0 unspecified atom stereocenters. The van der Waals surface area contributed by atoms with Crippen molar-refractivity contribution in [3.63, 3.8) is 0 Å². The van der Waals surface area contributed by atoms with Crippen LogP contribution in [0.5, 0.6) is 11.5 Å². The summed E-state index contributed by atoms with van der Waals surface area (Å²) in [6.07, 6.45) is -0.882. The molecular weight excluding hydrogens is 369 g/mol. The highest BCUT2D eigenvalue weighted by Gasteiger charge is 2.33. The van der Waals surface area contributed by atoms with Crippen LogP contribution < -0.4 is 9.47 Å². The van der Waals surface area contributed by atoms with E-state index >= 15 is 0 Å². The van der Waals surface area contributed by atoms with Gasteiger partial charge in [-0.2, -0.15) is 18.3 Å². The quantitative estimate of drug-likeness (QED) is 0.433. The molecule has 0 radical (unpaired) electrons. The lowest BCUT2D eigenvalue weighted by molar-refractivity contribution is -0.142. The number of esters is 2. The molecule has 0 spiro atoms. The third-order valence-electron chi connectivity index (χ3n) is 3.25. The first kappa shape index (κ1) is 20.0. The number of carbonyl (C=O) groups excluding carboxylic acids is 2. The summed E-state index contributed by atoms with van der Waals surface area (Å²) in [5.74, 6) is -1.10. The molecule has 10 heteroatoms. The number of hydrogen-bond acceptors (Lipinski definition) is 6. The second-order valence-corrected chi connectivity index (χ2v) is 5.14. The van der Waals surface area contributed by atoms with Crippen molar-refractivity contribution in [3.05, 3.63) is 47.8 Å². The predicted molar refractivity (Wildman–Crippen MR) is 86.9 cm³/mol. The second-order valence-electron chi connectivity index (χ2n) is 5.14. The van der Waals surface area contributed by atoms with Crippen LogP contribution in [0.4, 0.5) is 13.2 Å². The summed E-state index contributed by atoms with van der Waals surface area (Å²) in [6, 6.07) is 5.26. The Balaban J connectivity index is 2.07. The summed E-state index contributed by atoms with van der Waals surface area (Å²) in [5, 5.41) is 3.28. The van der Waals surface area contributed by atoms with Crippen LogP contribution in [0.3, 0.4) is 0 Å². The summed E-state index contributed by atoms with van der Waals surface area (Å²) in [4.78, 5) is 23.1. The zero-order valence-electron chi connectivity index (χ0n) is 14.3. The highest BCUT2D eigenvalue weighted by molar-refractivity contribution is 5.87. The number of benzene rings is 1. The maximum atomic E-state index is 12.5. The van der Waals surface area contributed by atoms with Gasteiger partial charge >= 0.3 is 18.1 Å². The maximum absolute atomic E-state index is 12.5. The van der Waals surface area contributed by atoms with Gasteiger partial charge in [0.1, 0.15) is 6.54 Å². The van der Waals surface area contributed by atoms with Crippen molar-refractivity contribution in [2.24, 2.45) is 0 Å². The smallest absolute Gasteiger partial charge is 0.435 e. The molecule has 0 aliphatic rings. The van der Waals surface area contributed by atoms with E-state index in [4.69, 9.17) is 9.47 Å². The van der Waals surface area contributed by atoms with Gasteiger partial charge in [-0.15, -0.1) is 0 Å². The maximum Gasteiger partial charge on any atom is 0.435 e. The monoisotopic (exact) mass is 384 g/mol. The van der Waals surface area contributed by atoms with E-state index in [9.17, 15) is 22.8 Å². The lowest BCUT2D eigenvalue weighted by atomic mass is 10.2. The molecule has 0 amide bonds. The number of carbonyl (C=O) groups is 2. The molecule has 0 atom stereocenters. The molecule has 0 aliphatic heterocycles. The first-order valence-electron chi connectivity index (χ1n) is 7.48. The van der Waals surface area contributed by atoms with E-state index in [2.05, 4.69) is 9.84 Å². The van der Waals surface area contributed by atoms with Crippen molar-refractivity contribution >= 4 is 18.0 Å². The number of alkyl halides is 3. The van der Waals surface area contributed by atoms with E-state index in [1.165, 1.54) is 38.5 Å². The van der Waals surface area contributed by atoms with Gasteiger partial charge in [0.25, 0.3) is 0 Å². The molecular formula is C17H15F3N2O5. The van der Waals surface area contributed by atoms with Crippen molar-refractivity contribution in [1.29, 1.82) is 0 Å². The van der Waals surface area contributed by atoms with Crippen LogP contribution in [0, 0.1) is 0 Å². The third-order valence-corrected chi connectivity index (χ3v) is 3.25. The molecule has 0 fully saturated rings. The Labute approximate surface area is 151 Å². The Morgan fingerprint density at radius 2 is 1.93 bits per heavy atom. The van der Waals surface area contributed by atoms with Gasteiger partial charge in [-0.05, 0) is 29.8 Å². The average Bonchev–Trinajstić information content (AvgIpc) is 3.09. The lowest BCUT2D eigenvalue weighted by Gasteiger charge is -2.10. The second kappa shape index (κ2) is 8.39. The SMILES string of the molecule is COC(=O)/C=C/c1ccc(OC(=O)Cn2ccc(C(F)(F)F)n2)c(OC)c1. The number of methoxy groups -OCH3 is 2. The van der Waals surface area contributed by atoms with Crippen LogP contribution in [0.1, 0.15) is 11.3 Å². The molecule has 0 N–H and O–H groups in total. The minimum atomic E-state index is -4.59. The van der Waals surface area contributed by atoms with Crippen molar-refractivity contribution in [2.45, 2.75) is 12.7 Å². The summed E-state index contributed by atoms with van der Waals surface area (Å²) >= 11 is 0. The summed E-state index contributed by atoms with van der Waals surface area (Å²) in [5.41, 5.74) is -0.520. The highest BCUT2D eigenvalue weighted by atomic mass is 19.4. The number of rotatable bonds is 6. The number of halogens is 3. The molecule has 7 nitrogen and oxygen atoms in total. The first-order valence-corrected chi connectivity index (χ1v) is 7.48. The van der Waals surface area contributed by atoms with Crippen LogP contribution in [-0.4, -0.2) is 35.9 Å². The van der Waals surface area contributed by atoms with Crippen molar-refractivity contribution in [2.75, 3.05) is 14.2 Å². The van der Waals surface area contributed by atoms with Crippen LogP contribution in [-0.2, 0) is 27.0 Å². The first-order chi connectivity index (χ1) is 12.7. The number of ether oxygens (including phenoxy) is 3. The molecule has 144 valence electrons. The molecule has 27 heavy (non-hydrogen) atoms. The van der Waals surface area contributed by atoms with E-state index in [1.54, 1.807) is 6.07 Å². The fourth-order valence-corrected chi connectivity index (χ4v) is 1.99. The van der Waals surface area contributed by atoms with E-state index in [-0.39, 0.29) is 11.5 Å². The van der Waals surface area contributed by atoms with Gasteiger partial charge in [-0.25, -0.2) is 9.59 Å². The van der Waals surface area contributed by atoms with E-state index in [0.29, 0.717) is 5.56 Å². The van der Waals surface area contributed by atoms with Crippen LogP contribution in [0.15, 0.2) is 36.5 Å². The summed E-state index contributed by atoms with van der Waals surface area (Å²) in [7, 11) is 2.59. The van der Waals surface area contributed by atoms with Gasteiger partial charge < -0.3 is 14.2 Å². The van der Waals surface area contributed by atoms with Gasteiger partial charge in [0.2, 0.25) is 0 Å². The van der Waals surface area contributed by atoms with Gasteiger partial charge in [-0.3, -0.25) is 4.68 Å². The molecule has 0 aliphatic carbocycles. The van der Waals surface area contributed by atoms with Crippen LogP contribution in [0.25, 0.3) is 6.08 Å². The molecule has 1 aromatic heterocycles. The van der Waals surface area contributed by atoms with E-state index < -0.39 is 30.4 Å². The molecule has 0 saturated carbocycles. The van der Waals surface area contributed by atoms with Gasteiger partial charge in [-0.1, -0.05) is 6.07 Å². The Morgan fingerprint density at radius 1 is 1.19 bits per heavy atom. The van der Waals surface area contributed by atoms with E-state index in [0.717, 1.165) is 16.9 Å². The Kier molecular flexibility index (Phi) is 6.22. The van der Waals surface area contributed by atoms with Crippen molar-refractivity contribution < 1.29 is 37.0 Å². The standard InChI is InChI=1S/C17H15F3N2O5/c1-25-13-9-11(4-6-15(23)26-2)3-5-12(13)27-16(24)10-22-8-7-14(21-22)17(18,19)20/h3-9H,10H2,1-2H3/b6-4+. The fourth-order valence-electron chi connectivity index (χ4n) is 1.99.